The van der Waals surface area contributed by atoms with Crippen LogP contribution >= 0.6 is 0 Å². The third-order valence-corrected chi connectivity index (χ3v) is 6.11. The van der Waals surface area contributed by atoms with Gasteiger partial charge in [-0.25, -0.2) is 30.8 Å². The first-order chi connectivity index (χ1) is 14.9. The van der Waals surface area contributed by atoms with Crippen LogP contribution in [0.1, 0.15) is 20.7 Å². The molecule has 3 aromatic rings. The number of carboxylic acid groups (broad SMARTS) is 1. The average molecular weight is 468 g/mol. The smallest absolute Gasteiger partial charge is 0.339 e. The fourth-order valence-corrected chi connectivity index (χ4v) is 4.00. The van der Waals surface area contributed by atoms with Crippen LogP contribution in [-0.4, -0.2) is 25.4 Å². The number of nitrogen functional groups attached to an aromatic ring is 1. The van der Waals surface area contributed by atoms with Crippen LogP contribution in [0.4, 0.5) is 28.9 Å². The summed E-state index contributed by atoms with van der Waals surface area (Å²) in [6.07, 6.45) is 0. The molecule has 0 heterocycles. The average Bonchev–Trinajstić information content (AvgIpc) is 2.75. The van der Waals surface area contributed by atoms with E-state index in [0.717, 1.165) is 24.3 Å². The van der Waals surface area contributed by atoms with Crippen molar-refractivity contribution in [3.05, 3.63) is 82.9 Å². The maximum atomic E-state index is 14.1. The van der Waals surface area contributed by atoms with Gasteiger partial charge in [0, 0.05) is 11.4 Å². The lowest BCUT2D eigenvalue weighted by atomic mass is 10.0. The summed E-state index contributed by atoms with van der Waals surface area (Å²) in [6.45, 7) is 0. The molecule has 166 valence electrons. The van der Waals surface area contributed by atoms with Gasteiger partial charge in [-0.2, -0.15) is 0 Å². The van der Waals surface area contributed by atoms with Gasteiger partial charge in [0.15, 0.2) is 23.3 Å². The Bertz CT molecular complexity index is 1340. The van der Waals surface area contributed by atoms with Gasteiger partial charge in [0.1, 0.15) is 5.56 Å². The third-order valence-electron chi connectivity index (χ3n) is 4.32. The van der Waals surface area contributed by atoms with Crippen molar-refractivity contribution in [3.8, 4) is 0 Å². The second-order valence-electron chi connectivity index (χ2n) is 6.36. The fraction of sp³-hybridized carbons (Fsp3) is 0. The van der Waals surface area contributed by atoms with Gasteiger partial charge in [0.2, 0.25) is 9.84 Å². The SMILES string of the molecule is Nc1ccc(S(=O)(=O)c2ccc(NC(=O)c3c(F)c(F)c(F)c(F)c3C(=O)O)cc2)cc1. The molecule has 3 rings (SSSR count). The van der Waals surface area contributed by atoms with Crippen molar-refractivity contribution < 1.29 is 40.7 Å². The van der Waals surface area contributed by atoms with Crippen LogP contribution in [0.2, 0.25) is 0 Å². The van der Waals surface area contributed by atoms with E-state index in [-0.39, 0.29) is 15.5 Å². The second kappa shape index (κ2) is 8.30. The van der Waals surface area contributed by atoms with E-state index >= 15 is 0 Å². The molecule has 0 aromatic heterocycles. The number of nitrogens with one attached hydrogen (secondary N) is 1. The highest BCUT2D eigenvalue weighted by atomic mass is 32.2. The van der Waals surface area contributed by atoms with E-state index in [1.165, 1.54) is 24.3 Å². The molecular formula is C20H12F4N2O5S. The van der Waals surface area contributed by atoms with Gasteiger partial charge in [-0.05, 0) is 48.5 Å². The summed E-state index contributed by atoms with van der Waals surface area (Å²) in [5.74, 6) is -13.0. The summed E-state index contributed by atoms with van der Waals surface area (Å²) in [5, 5.41) is 11.0. The van der Waals surface area contributed by atoms with Crippen molar-refractivity contribution in [2.24, 2.45) is 0 Å². The number of hydrogen-bond acceptors (Lipinski definition) is 5. The Balaban J connectivity index is 1.94. The molecule has 0 atom stereocenters. The molecule has 3 aromatic carbocycles. The standard InChI is InChI=1S/C20H12F4N2O5S/c21-15-13(14(20(28)29)16(22)18(24)17(15)23)19(27)26-10-3-7-12(8-4-10)32(30,31)11-5-1-9(25)2-6-11/h1-8H,25H2,(H,26,27)(H,28,29). The molecule has 0 bridgehead atoms. The quantitative estimate of drug-likeness (QED) is 0.227. The highest BCUT2D eigenvalue weighted by molar-refractivity contribution is 7.91. The summed E-state index contributed by atoms with van der Waals surface area (Å²) < 4.78 is 80.0. The highest BCUT2D eigenvalue weighted by Gasteiger charge is 2.32. The van der Waals surface area contributed by atoms with Crippen molar-refractivity contribution in [2.45, 2.75) is 9.79 Å². The van der Waals surface area contributed by atoms with Crippen LogP contribution in [0.15, 0.2) is 58.3 Å². The van der Waals surface area contributed by atoms with Gasteiger partial charge >= 0.3 is 5.97 Å². The zero-order valence-corrected chi connectivity index (χ0v) is 16.5. The number of benzene rings is 3. The lowest BCUT2D eigenvalue weighted by Crippen LogP contribution is -2.22. The number of nitrogens with two attached hydrogens (primary N) is 1. The van der Waals surface area contributed by atoms with Gasteiger partial charge in [0.05, 0.1) is 15.4 Å². The normalized spacial score (nSPS) is 11.2. The minimum Gasteiger partial charge on any atom is -0.478 e. The van der Waals surface area contributed by atoms with E-state index in [2.05, 4.69) is 0 Å². The maximum Gasteiger partial charge on any atom is 0.339 e. The number of rotatable bonds is 5. The van der Waals surface area contributed by atoms with E-state index in [0.29, 0.717) is 5.69 Å². The lowest BCUT2D eigenvalue weighted by molar-refractivity contribution is 0.0684. The van der Waals surface area contributed by atoms with E-state index < -0.39 is 56.1 Å². The summed E-state index contributed by atoms with van der Waals surface area (Å²) in [7, 11) is -3.94. The van der Waals surface area contributed by atoms with Gasteiger partial charge in [-0.1, -0.05) is 0 Å². The summed E-state index contributed by atoms with van der Waals surface area (Å²) in [6, 6.07) is 9.67. The number of carbonyl (C=O) groups is 2. The van der Waals surface area contributed by atoms with E-state index in [1.807, 2.05) is 5.32 Å². The first-order valence-corrected chi connectivity index (χ1v) is 10.0. The number of carbonyl (C=O) groups excluding carboxylic acids is 1. The molecule has 4 N–H and O–H groups in total. The number of amides is 1. The molecule has 12 heteroatoms. The molecule has 0 radical (unpaired) electrons. The second-order valence-corrected chi connectivity index (χ2v) is 8.31. The number of sulfone groups is 1. The van der Waals surface area contributed by atoms with Crippen molar-refractivity contribution in [2.75, 3.05) is 11.1 Å². The molecule has 0 saturated carbocycles. The Morgan fingerprint density at radius 2 is 1.19 bits per heavy atom. The van der Waals surface area contributed by atoms with Crippen molar-refractivity contribution in [1.29, 1.82) is 0 Å². The molecule has 0 aliphatic carbocycles. The minimum atomic E-state index is -3.94. The lowest BCUT2D eigenvalue weighted by Gasteiger charge is -2.12. The molecular weight excluding hydrogens is 456 g/mol. The summed E-state index contributed by atoms with van der Waals surface area (Å²) in [4.78, 5) is 23.2. The number of hydrogen-bond donors (Lipinski definition) is 3. The Labute approximate surface area is 178 Å². The van der Waals surface area contributed by atoms with Crippen LogP contribution < -0.4 is 11.1 Å². The summed E-state index contributed by atoms with van der Waals surface area (Å²) >= 11 is 0. The van der Waals surface area contributed by atoms with Crippen LogP contribution in [0.25, 0.3) is 0 Å². The Morgan fingerprint density at radius 3 is 1.66 bits per heavy atom. The molecule has 7 nitrogen and oxygen atoms in total. The largest absolute Gasteiger partial charge is 0.478 e. The molecule has 0 aliphatic rings. The first kappa shape index (κ1) is 22.7. The molecule has 0 aliphatic heterocycles. The predicted octanol–water partition coefficient (Wildman–Crippen LogP) is 3.61. The minimum absolute atomic E-state index is 0.0612. The first-order valence-electron chi connectivity index (χ1n) is 8.56. The number of halogens is 4. The molecule has 0 spiro atoms. The third kappa shape index (κ3) is 3.99. The van der Waals surface area contributed by atoms with Crippen molar-refractivity contribution in [3.63, 3.8) is 0 Å². The molecule has 1 amide bonds. The van der Waals surface area contributed by atoms with Gasteiger partial charge in [-0.3, -0.25) is 4.79 Å². The Morgan fingerprint density at radius 1 is 0.750 bits per heavy atom. The van der Waals surface area contributed by atoms with Crippen LogP contribution in [0, 0.1) is 23.3 Å². The Kier molecular flexibility index (Phi) is 5.90. The molecule has 0 fully saturated rings. The van der Waals surface area contributed by atoms with Crippen molar-refractivity contribution in [1.82, 2.24) is 0 Å². The van der Waals surface area contributed by atoms with Gasteiger partial charge < -0.3 is 16.2 Å². The van der Waals surface area contributed by atoms with E-state index in [1.54, 1.807) is 0 Å². The van der Waals surface area contributed by atoms with E-state index in [9.17, 15) is 35.6 Å². The zero-order chi connectivity index (χ0) is 23.8. The van der Waals surface area contributed by atoms with Crippen LogP contribution in [0.3, 0.4) is 0 Å². The van der Waals surface area contributed by atoms with Gasteiger partial charge in [0.25, 0.3) is 5.91 Å². The molecule has 0 saturated heterocycles. The Hall–Kier alpha value is -3.93. The number of aromatic carboxylic acids is 1. The summed E-state index contributed by atoms with van der Waals surface area (Å²) in [5.41, 5.74) is 2.46. The monoisotopic (exact) mass is 468 g/mol. The maximum absolute atomic E-state index is 14.1. The van der Waals surface area contributed by atoms with E-state index in [4.69, 9.17) is 10.8 Å². The number of carboxylic acids is 1. The zero-order valence-electron chi connectivity index (χ0n) is 15.7. The topological polar surface area (TPSA) is 127 Å². The van der Waals surface area contributed by atoms with Crippen LogP contribution in [0.5, 0.6) is 0 Å². The highest BCUT2D eigenvalue weighted by Crippen LogP contribution is 2.27. The predicted molar refractivity (Wildman–Crippen MR) is 104 cm³/mol. The molecule has 32 heavy (non-hydrogen) atoms. The van der Waals surface area contributed by atoms with Crippen LogP contribution in [-0.2, 0) is 9.84 Å². The number of anilines is 2. The molecule has 0 unspecified atom stereocenters. The van der Waals surface area contributed by atoms with Crippen molar-refractivity contribution >= 4 is 33.1 Å². The van der Waals surface area contributed by atoms with Gasteiger partial charge in [-0.15, -0.1) is 0 Å². The fourth-order valence-electron chi connectivity index (χ4n) is 2.74.